The van der Waals surface area contributed by atoms with E-state index in [1.807, 2.05) is 4.90 Å². The van der Waals surface area contributed by atoms with E-state index in [1.165, 1.54) is 24.5 Å². The molecule has 2 aromatic heterocycles. The molecule has 3 heterocycles. The number of rotatable bonds is 7. The van der Waals surface area contributed by atoms with Crippen molar-refractivity contribution < 1.29 is 27.5 Å². The Hall–Kier alpha value is -3.08. The van der Waals surface area contributed by atoms with Crippen molar-refractivity contribution in [3.8, 4) is 5.75 Å². The number of hydrogen-bond donors (Lipinski definition) is 2. The largest absolute Gasteiger partial charge is 0.482 e. The van der Waals surface area contributed by atoms with Crippen LogP contribution in [0.25, 0.3) is 0 Å². The first kappa shape index (κ1) is 24.1. The number of piperidine rings is 1. The number of amides is 2. The number of nitrogens with one attached hydrogen (secondary N) is 2. The standard InChI is InChI=1S/C22H23ClF3N5O3/c23-17-9-16(34-12-22(24,25)26)10-28-19(17)31-7-1-2-15(11-31)29-21(33)14-5-6-27-18(8-14)30-20(32)13-3-4-13/h5-6,8-10,13,15H,1-4,7,11-12H2,(H,29,33)(H,27,30,32)/t15-/m1/s1. The summed E-state index contributed by atoms with van der Waals surface area (Å²) in [6, 6.07) is 4.21. The van der Waals surface area contributed by atoms with E-state index >= 15 is 0 Å². The van der Waals surface area contributed by atoms with Gasteiger partial charge in [0.2, 0.25) is 5.91 Å². The monoisotopic (exact) mass is 497 g/mol. The summed E-state index contributed by atoms with van der Waals surface area (Å²) in [6.45, 7) is -0.366. The highest BCUT2D eigenvalue weighted by Crippen LogP contribution is 2.31. The Morgan fingerprint density at radius 2 is 2.00 bits per heavy atom. The number of anilines is 2. The SMILES string of the molecule is O=C(N[C@@H]1CCCN(c2ncc(OCC(F)(F)F)cc2Cl)C1)c1ccnc(NC(=O)C2CC2)c1. The van der Waals surface area contributed by atoms with Crippen LogP contribution >= 0.6 is 11.6 Å². The molecule has 0 radical (unpaired) electrons. The maximum atomic E-state index is 12.8. The first-order valence-electron chi connectivity index (χ1n) is 10.9. The fourth-order valence-electron chi connectivity index (χ4n) is 3.66. The number of nitrogens with zero attached hydrogens (tertiary/aromatic N) is 3. The van der Waals surface area contributed by atoms with Crippen molar-refractivity contribution in [2.24, 2.45) is 5.92 Å². The molecule has 4 rings (SSSR count). The molecule has 1 saturated heterocycles. The van der Waals surface area contributed by atoms with Gasteiger partial charge in [-0.15, -0.1) is 0 Å². The second kappa shape index (κ2) is 10.0. The Kier molecular flexibility index (Phi) is 7.11. The molecule has 34 heavy (non-hydrogen) atoms. The molecule has 0 bridgehead atoms. The highest BCUT2D eigenvalue weighted by Gasteiger charge is 2.30. The average Bonchev–Trinajstić information content (AvgIpc) is 3.63. The van der Waals surface area contributed by atoms with Gasteiger partial charge in [0.05, 0.1) is 11.2 Å². The van der Waals surface area contributed by atoms with Crippen molar-refractivity contribution >= 4 is 35.1 Å². The van der Waals surface area contributed by atoms with E-state index in [0.717, 1.165) is 25.7 Å². The van der Waals surface area contributed by atoms with Crippen LogP contribution in [0.4, 0.5) is 24.8 Å². The Bertz CT molecular complexity index is 1060. The molecule has 1 aliphatic carbocycles. The van der Waals surface area contributed by atoms with Gasteiger partial charge in [-0.1, -0.05) is 11.6 Å². The van der Waals surface area contributed by atoms with Crippen LogP contribution in [0.1, 0.15) is 36.0 Å². The molecule has 0 unspecified atom stereocenters. The fourth-order valence-corrected chi connectivity index (χ4v) is 3.94. The lowest BCUT2D eigenvalue weighted by atomic mass is 10.0. The number of halogens is 4. The third kappa shape index (κ3) is 6.49. The van der Waals surface area contributed by atoms with Gasteiger partial charge in [0.25, 0.3) is 5.91 Å². The molecular weight excluding hydrogens is 475 g/mol. The number of hydrogen-bond acceptors (Lipinski definition) is 6. The van der Waals surface area contributed by atoms with Crippen molar-refractivity contribution in [1.29, 1.82) is 0 Å². The van der Waals surface area contributed by atoms with Gasteiger partial charge < -0.3 is 20.3 Å². The Morgan fingerprint density at radius 1 is 1.21 bits per heavy atom. The maximum Gasteiger partial charge on any atom is 0.422 e. The van der Waals surface area contributed by atoms with Gasteiger partial charge in [-0.3, -0.25) is 9.59 Å². The minimum Gasteiger partial charge on any atom is -0.482 e. The number of carbonyl (C=O) groups is 2. The van der Waals surface area contributed by atoms with Gasteiger partial charge in [0, 0.05) is 42.9 Å². The highest BCUT2D eigenvalue weighted by molar-refractivity contribution is 6.33. The smallest absolute Gasteiger partial charge is 0.422 e. The van der Waals surface area contributed by atoms with Gasteiger partial charge >= 0.3 is 6.18 Å². The first-order chi connectivity index (χ1) is 16.2. The van der Waals surface area contributed by atoms with Crippen molar-refractivity contribution in [3.05, 3.63) is 41.2 Å². The zero-order valence-corrected chi connectivity index (χ0v) is 18.8. The van der Waals surface area contributed by atoms with Crippen LogP contribution in [0.2, 0.25) is 5.02 Å². The summed E-state index contributed by atoms with van der Waals surface area (Å²) >= 11 is 6.25. The zero-order valence-electron chi connectivity index (χ0n) is 18.1. The quantitative estimate of drug-likeness (QED) is 0.604. The molecule has 2 fully saturated rings. The van der Waals surface area contributed by atoms with E-state index in [-0.39, 0.29) is 34.5 Å². The second-order valence-electron chi connectivity index (χ2n) is 8.33. The second-order valence-corrected chi connectivity index (χ2v) is 8.74. The van der Waals surface area contributed by atoms with Crippen molar-refractivity contribution in [3.63, 3.8) is 0 Å². The maximum absolute atomic E-state index is 12.8. The van der Waals surface area contributed by atoms with Gasteiger partial charge in [-0.25, -0.2) is 9.97 Å². The molecule has 2 N–H and O–H groups in total. The molecule has 12 heteroatoms. The molecule has 2 amide bonds. The van der Waals surface area contributed by atoms with Crippen LogP contribution in [0.15, 0.2) is 30.6 Å². The molecular formula is C22H23ClF3N5O3. The third-order valence-corrected chi connectivity index (χ3v) is 5.75. The average molecular weight is 498 g/mol. The Labute approximate surface area is 198 Å². The van der Waals surface area contributed by atoms with Crippen molar-refractivity contribution in [2.75, 3.05) is 29.9 Å². The Balaban J connectivity index is 1.36. The van der Waals surface area contributed by atoms with Crippen molar-refractivity contribution in [2.45, 2.75) is 37.9 Å². The van der Waals surface area contributed by atoms with Gasteiger partial charge in [0.15, 0.2) is 6.61 Å². The lowest BCUT2D eigenvalue weighted by Crippen LogP contribution is -2.48. The lowest BCUT2D eigenvalue weighted by Gasteiger charge is -2.34. The number of aromatic nitrogens is 2. The summed E-state index contributed by atoms with van der Waals surface area (Å²) in [7, 11) is 0. The van der Waals surface area contributed by atoms with Crippen LogP contribution < -0.4 is 20.3 Å². The predicted octanol–water partition coefficient (Wildman–Crippen LogP) is 3.82. The highest BCUT2D eigenvalue weighted by atomic mass is 35.5. The number of ether oxygens (including phenoxy) is 1. The molecule has 182 valence electrons. The van der Waals surface area contributed by atoms with Gasteiger partial charge in [0.1, 0.15) is 17.4 Å². The summed E-state index contributed by atoms with van der Waals surface area (Å²) in [5, 5.41) is 5.87. The van der Waals surface area contributed by atoms with E-state index < -0.39 is 12.8 Å². The van der Waals surface area contributed by atoms with E-state index in [1.54, 1.807) is 6.07 Å². The fraction of sp³-hybridized carbons (Fsp3) is 0.455. The molecule has 1 aliphatic heterocycles. The number of pyridine rings is 2. The summed E-state index contributed by atoms with van der Waals surface area (Å²) < 4.78 is 41.7. The number of carbonyl (C=O) groups excluding carboxylic acids is 2. The van der Waals surface area contributed by atoms with Crippen molar-refractivity contribution in [1.82, 2.24) is 15.3 Å². The summed E-state index contributed by atoms with van der Waals surface area (Å²) in [5.74, 6) is 0.305. The molecule has 1 atom stereocenters. The van der Waals surface area contributed by atoms with Crippen LogP contribution in [0.5, 0.6) is 5.75 Å². The van der Waals surface area contributed by atoms with Gasteiger partial charge in [-0.05, 0) is 37.8 Å². The van der Waals surface area contributed by atoms with E-state index in [4.69, 9.17) is 11.6 Å². The van der Waals surface area contributed by atoms with E-state index in [0.29, 0.717) is 30.3 Å². The minimum atomic E-state index is -4.46. The first-order valence-corrected chi connectivity index (χ1v) is 11.2. The minimum absolute atomic E-state index is 0.0261. The molecule has 2 aromatic rings. The van der Waals surface area contributed by atoms with Crippen LogP contribution in [-0.2, 0) is 4.79 Å². The normalized spacial score (nSPS) is 18.4. The van der Waals surface area contributed by atoms with Crippen LogP contribution in [0, 0.1) is 5.92 Å². The molecule has 8 nitrogen and oxygen atoms in total. The molecule has 2 aliphatic rings. The summed E-state index contributed by atoms with van der Waals surface area (Å²) in [6.07, 6.45) is 1.44. The van der Waals surface area contributed by atoms with Gasteiger partial charge in [-0.2, -0.15) is 13.2 Å². The van der Waals surface area contributed by atoms with E-state index in [2.05, 4.69) is 25.3 Å². The lowest BCUT2D eigenvalue weighted by molar-refractivity contribution is -0.153. The topological polar surface area (TPSA) is 96.5 Å². The molecule has 1 saturated carbocycles. The Morgan fingerprint density at radius 3 is 2.71 bits per heavy atom. The number of alkyl halides is 3. The molecule has 0 aromatic carbocycles. The molecule has 0 spiro atoms. The van der Waals surface area contributed by atoms with Crippen LogP contribution in [-0.4, -0.2) is 53.7 Å². The van der Waals surface area contributed by atoms with E-state index in [9.17, 15) is 22.8 Å². The summed E-state index contributed by atoms with van der Waals surface area (Å²) in [4.78, 5) is 34.9. The zero-order chi connectivity index (χ0) is 24.3. The predicted molar refractivity (Wildman–Crippen MR) is 119 cm³/mol. The van der Waals surface area contributed by atoms with Crippen LogP contribution in [0.3, 0.4) is 0 Å². The summed E-state index contributed by atoms with van der Waals surface area (Å²) in [5.41, 5.74) is 0.376. The third-order valence-electron chi connectivity index (χ3n) is 5.48.